The molecule has 1 aromatic carbocycles. The van der Waals surface area contributed by atoms with E-state index in [1.165, 1.54) is 0 Å². The second-order valence-electron chi connectivity index (χ2n) is 4.73. The van der Waals surface area contributed by atoms with Crippen molar-refractivity contribution in [2.45, 2.75) is 20.3 Å². The fourth-order valence-electron chi connectivity index (χ4n) is 2.03. The third-order valence-electron chi connectivity index (χ3n) is 3.17. The highest BCUT2D eigenvalue weighted by atomic mass is 16.5. The molecular weight excluding hydrogens is 230 g/mol. The zero-order chi connectivity index (χ0) is 13.0. The van der Waals surface area contributed by atoms with Crippen molar-refractivity contribution in [3.63, 3.8) is 0 Å². The van der Waals surface area contributed by atoms with Crippen molar-refractivity contribution < 1.29 is 14.7 Å². The Labute approximate surface area is 107 Å². The van der Waals surface area contributed by atoms with Gasteiger partial charge in [-0.05, 0) is 32.4 Å². The summed E-state index contributed by atoms with van der Waals surface area (Å²) in [6.07, 6.45) is 1.05. The molecule has 0 amide bonds. The number of rotatable bonds is 4. The first kappa shape index (κ1) is 12.9. The van der Waals surface area contributed by atoms with Crippen LogP contribution in [0.1, 0.15) is 24.5 Å². The van der Waals surface area contributed by atoms with Crippen LogP contribution in [0.3, 0.4) is 0 Å². The Morgan fingerprint density at radius 3 is 3.06 bits per heavy atom. The minimum absolute atomic E-state index is 0.463. The van der Waals surface area contributed by atoms with Gasteiger partial charge in [-0.15, -0.1) is 0 Å². The molecule has 4 nitrogen and oxygen atoms in total. The number of hydrogen-bond acceptors (Lipinski definition) is 4. The highest BCUT2D eigenvalue weighted by molar-refractivity contribution is 6.00. The number of ether oxygens (including phenoxy) is 2. The average Bonchev–Trinajstić information content (AvgIpc) is 2.89. The molecule has 0 aliphatic carbocycles. The lowest BCUT2D eigenvalue weighted by molar-refractivity contribution is 0.167. The molecule has 1 heterocycles. The minimum atomic E-state index is 0.463. The lowest BCUT2D eigenvalue weighted by Crippen LogP contribution is -2.13. The topological polar surface area (TPSA) is 51.1 Å². The summed E-state index contributed by atoms with van der Waals surface area (Å²) in [5.41, 5.74) is 2.53. The molecule has 4 heteroatoms. The lowest BCUT2D eigenvalue weighted by Gasteiger charge is -2.14. The summed E-state index contributed by atoms with van der Waals surface area (Å²) in [4.78, 5) is 0. The van der Waals surface area contributed by atoms with Gasteiger partial charge in [0.05, 0.1) is 18.9 Å². The lowest BCUT2D eigenvalue weighted by atomic mass is 10.1. The summed E-state index contributed by atoms with van der Waals surface area (Å²) in [7, 11) is 0. The van der Waals surface area contributed by atoms with Crippen LogP contribution in [0, 0.1) is 12.8 Å². The molecule has 1 aliphatic rings. The SMILES string of the molecule is C/C(=N/O)c1cc(C)ccc1OCC1CCOC1. The van der Waals surface area contributed by atoms with Gasteiger partial charge in [-0.2, -0.15) is 0 Å². The fraction of sp³-hybridized carbons (Fsp3) is 0.500. The Balaban J connectivity index is 2.10. The van der Waals surface area contributed by atoms with Gasteiger partial charge in [0.2, 0.25) is 0 Å². The summed E-state index contributed by atoms with van der Waals surface area (Å²) in [5, 5.41) is 12.1. The standard InChI is InChI=1S/C14H19NO3/c1-10-3-4-14(13(7-10)11(2)15-16)18-9-12-5-6-17-8-12/h3-4,7,12,16H,5-6,8-9H2,1-2H3/b15-11-. The molecule has 98 valence electrons. The molecule has 0 bridgehead atoms. The molecule has 2 rings (SSSR count). The first-order valence-corrected chi connectivity index (χ1v) is 6.21. The Bertz CT molecular complexity index is 437. The third kappa shape index (κ3) is 3.01. The van der Waals surface area contributed by atoms with E-state index in [4.69, 9.17) is 14.7 Å². The molecule has 1 fully saturated rings. The monoisotopic (exact) mass is 249 g/mol. The number of benzene rings is 1. The van der Waals surface area contributed by atoms with Gasteiger partial charge in [0.25, 0.3) is 0 Å². The first-order chi connectivity index (χ1) is 8.70. The van der Waals surface area contributed by atoms with Crippen molar-refractivity contribution in [2.75, 3.05) is 19.8 Å². The third-order valence-corrected chi connectivity index (χ3v) is 3.17. The smallest absolute Gasteiger partial charge is 0.128 e. The number of hydrogen-bond donors (Lipinski definition) is 1. The zero-order valence-corrected chi connectivity index (χ0v) is 10.8. The fourth-order valence-corrected chi connectivity index (χ4v) is 2.03. The highest BCUT2D eigenvalue weighted by Gasteiger charge is 2.17. The molecule has 1 atom stereocenters. The van der Waals surface area contributed by atoms with Crippen molar-refractivity contribution >= 4 is 5.71 Å². The molecule has 1 aromatic rings. The summed E-state index contributed by atoms with van der Waals surface area (Å²) in [5.74, 6) is 1.23. The van der Waals surface area contributed by atoms with Gasteiger partial charge in [0, 0.05) is 18.1 Å². The van der Waals surface area contributed by atoms with Gasteiger partial charge < -0.3 is 14.7 Å². The van der Waals surface area contributed by atoms with Crippen LogP contribution in [0.2, 0.25) is 0 Å². The van der Waals surface area contributed by atoms with Crippen LogP contribution in [0.5, 0.6) is 5.75 Å². The number of nitrogens with zero attached hydrogens (tertiary/aromatic N) is 1. The van der Waals surface area contributed by atoms with E-state index in [9.17, 15) is 0 Å². The van der Waals surface area contributed by atoms with Crippen molar-refractivity contribution in [1.82, 2.24) is 0 Å². The molecule has 1 unspecified atom stereocenters. The summed E-state index contributed by atoms with van der Waals surface area (Å²) in [6.45, 7) is 6.01. The summed E-state index contributed by atoms with van der Waals surface area (Å²) in [6, 6.07) is 5.89. The highest BCUT2D eigenvalue weighted by Crippen LogP contribution is 2.23. The summed E-state index contributed by atoms with van der Waals surface area (Å²) < 4.78 is 11.1. The second kappa shape index (κ2) is 5.87. The van der Waals surface area contributed by atoms with Crippen LogP contribution < -0.4 is 4.74 Å². The van der Waals surface area contributed by atoms with Crippen LogP contribution >= 0.6 is 0 Å². The largest absolute Gasteiger partial charge is 0.493 e. The van der Waals surface area contributed by atoms with Crippen LogP contribution in [-0.4, -0.2) is 30.7 Å². The maximum absolute atomic E-state index is 8.90. The van der Waals surface area contributed by atoms with E-state index < -0.39 is 0 Å². The van der Waals surface area contributed by atoms with Gasteiger partial charge in [0.15, 0.2) is 0 Å². The average molecular weight is 249 g/mol. The van der Waals surface area contributed by atoms with Gasteiger partial charge in [0.1, 0.15) is 5.75 Å². The van der Waals surface area contributed by atoms with Crippen molar-refractivity contribution in [3.05, 3.63) is 29.3 Å². The first-order valence-electron chi connectivity index (χ1n) is 6.21. The molecule has 0 radical (unpaired) electrons. The quantitative estimate of drug-likeness (QED) is 0.507. The van der Waals surface area contributed by atoms with E-state index in [0.717, 1.165) is 36.5 Å². The van der Waals surface area contributed by atoms with Gasteiger partial charge in [-0.1, -0.05) is 16.8 Å². The molecule has 0 saturated carbocycles. The van der Waals surface area contributed by atoms with Gasteiger partial charge >= 0.3 is 0 Å². The second-order valence-corrected chi connectivity index (χ2v) is 4.73. The molecular formula is C14H19NO3. The van der Waals surface area contributed by atoms with Crippen molar-refractivity contribution in [1.29, 1.82) is 0 Å². The Morgan fingerprint density at radius 2 is 2.39 bits per heavy atom. The maximum Gasteiger partial charge on any atom is 0.128 e. The molecule has 1 aliphatic heterocycles. The predicted octanol–water partition coefficient (Wildman–Crippen LogP) is 2.61. The van der Waals surface area contributed by atoms with Crippen LogP contribution in [0.4, 0.5) is 0 Å². The van der Waals surface area contributed by atoms with E-state index in [1.54, 1.807) is 6.92 Å². The molecule has 0 aromatic heterocycles. The number of aryl methyl sites for hydroxylation is 1. The predicted molar refractivity (Wildman–Crippen MR) is 69.6 cm³/mol. The van der Waals surface area contributed by atoms with Crippen LogP contribution in [0.25, 0.3) is 0 Å². The van der Waals surface area contributed by atoms with E-state index in [1.807, 2.05) is 25.1 Å². The van der Waals surface area contributed by atoms with E-state index in [0.29, 0.717) is 18.2 Å². The van der Waals surface area contributed by atoms with E-state index >= 15 is 0 Å². The number of oxime groups is 1. The normalized spacial score (nSPS) is 20.1. The summed E-state index contributed by atoms with van der Waals surface area (Å²) >= 11 is 0. The van der Waals surface area contributed by atoms with Crippen LogP contribution in [-0.2, 0) is 4.74 Å². The maximum atomic E-state index is 8.90. The van der Waals surface area contributed by atoms with E-state index in [-0.39, 0.29) is 0 Å². The van der Waals surface area contributed by atoms with Crippen LogP contribution in [0.15, 0.2) is 23.4 Å². The zero-order valence-electron chi connectivity index (χ0n) is 10.8. The molecule has 1 saturated heterocycles. The molecule has 0 spiro atoms. The Morgan fingerprint density at radius 1 is 1.56 bits per heavy atom. The van der Waals surface area contributed by atoms with Crippen molar-refractivity contribution in [3.8, 4) is 5.75 Å². The van der Waals surface area contributed by atoms with Gasteiger partial charge in [-0.3, -0.25) is 0 Å². The Kier molecular flexibility index (Phi) is 4.20. The van der Waals surface area contributed by atoms with Crippen molar-refractivity contribution in [2.24, 2.45) is 11.1 Å². The molecule has 1 N–H and O–H groups in total. The van der Waals surface area contributed by atoms with E-state index in [2.05, 4.69) is 5.16 Å². The molecule has 18 heavy (non-hydrogen) atoms. The Hall–Kier alpha value is -1.55. The minimum Gasteiger partial charge on any atom is -0.493 e. The van der Waals surface area contributed by atoms with Gasteiger partial charge in [-0.25, -0.2) is 0 Å².